The molecule has 0 radical (unpaired) electrons. The number of rotatable bonds is 1. The molecule has 2 heterocycles. The molecule has 1 aliphatic rings. The molecule has 5 heteroatoms. The summed E-state index contributed by atoms with van der Waals surface area (Å²) in [6.07, 6.45) is 0. The molecule has 0 aliphatic carbocycles. The van der Waals surface area contributed by atoms with Gasteiger partial charge in [0.1, 0.15) is 5.82 Å². The Morgan fingerprint density at radius 2 is 1.63 bits per heavy atom. The summed E-state index contributed by atoms with van der Waals surface area (Å²) in [4.78, 5) is 32.9. The maximum absolute atomic E-state index is 12.1. The Kier molecular flexibility index (Phi) is 2.95. The SMILES string of the molecule is [C-]#[N+]c1cc(C)c(N2C(=O)C(C)=C(C)C2=O)nc1C. The standard InChI is InChI=1S/C14H13N3O2/c1-7-6-11(15-5)10(4)16-12(7)17-13(18)8(2)9(3)14(17)19/h6H,1-4H3. The highest BCUT2D eigenvalue weighted by Crippen LogP contribution is 2.30. The zero-order valence-electron chi connectivity index (χ0n) is 11.2. The van der Waals surface area contributed by atoms with Crippen LogP contribution in [-0.2, 0) is 9.59 Å². The summed E-state index contributed by atoms with van der Waals surface area (Å²) in [7, 11) is 0. The molecule has 0 atom stereocenters. The number of aromatic nitrogens is 1. The predicted octanol–water partition coefficient (Wildman–Crippen LogP) is 2.46. The molecule has 0 N–H and O–H groups in total. The highest BCUT2D eigenvalue weighted by atomic mass is 16.2. The van der Waals surface area contributed by atoms with Crippen LogP contribution in [0.4, 0.5) is 11.5 Å². The Balaban J connectivity index is 2.57. The lowest BCUT2D eigenvalue weighted by molar-refractivity contribution is -0.120. The third-order valence-corrected chi connectivity index (χ3v) is 3.29. The number of carbonyl (C=O) groups excluding carboxylic acids is 2. The summed E-state index contributed by atoms with van der Waals surface area (Å²) in [6, 6.07) is 1.65. The number of nitrogens with zero attached hydrogens (tertiary/aromatic N) is 3. The Hall–Kier alpha value is -2.48. The van der Waals surface area contributed by atoms with Crippen molar-refractivity contribution >= 4 is 23.3 Å². The van der Waals surface area contributed by atoms with Crippen LogP contribution in [0, 0.1) is 20.4 Å². The molecule has 2 rings (SSSR count). The van der Waals surface area contributed by atoms with Crippen molar-refractivity contribution in [1.29, 1.82) is 0 Å². The van der Waals surface area contributed by atoms with E-state index < -0.39 is 0 Å². The second-order valence-electron chi connectivity index (χ2n) is 4.54. The average molecular weight is 255 g/mol. The topological polar surface area (TPSA) is 54.6 Å². The van der Waals surface area contributed by atoms with E-state index in [9.17, 15) is 9.59 Å². The zero-order chi connectivity index (χ0) is 14.3. The molecule has 0 saturated carbocycles. The molecule has 19 heavy (non-hydrogen) atoms. The minimum absolute atomic E-state index is 0.316. The molecular formula is C14H13N3O2. The van der Waals surface area contributed by atoms with Crippen molar-refractivity contribution in [3.8, 4) is 0 Å². The Labute approximate surface area is 111 Å². The van der Waals surface area contributed by atoms with Gasteiger partial charge in [0.25, 0.3) is 11.8 Å². The van der Waals surface area contributed by atoms with Crippen LogP contribution in [0.3, 0.4) is 0 Å². The van der Waals surface area contributed by atoms with Gasteiger partial charge in [-0.2, -0.15) is 0 Å². The molecule has 0 fully saturated rings. The largest absolute Gasteiger partial charge is 0.269 e. The van der Waals surface area contributed by atoms with E-state index in [-0.39, 0.29) is 11.8 Å². The van der Waals surface area contributed by atoms with Gasteiger partial charge in [-0.05, 0) is 39.3 Å². The van der Waals surface area contributed by atoms with Gasteiger partial charge in [-0.1, -0.05) is 0 Å². The lowest BCUT2D eigenvalue weighted by Gasteiger charge is -2.17. The van der Waals surface area contributed by atoms with Crippen LogP contribution in [0.1, 0.15) is 25.1 Å². The summed E-state index contributed by atoms with van der Waals surface area (Å²) < 4.78 is 0. The molecule has 5 nitrogen and oxygen atoms in total. The molecule has 0 saturated heterocycles. The molecule has 0 aromatic carbocycles. The molecule has 1 aromatic rings. The normalized spacial score (nSPS) is 15.2. The van der Waals surface area contributed by atoms with Crippen LogP contribution in [0.15, 0.2) is 17.2 Å². The number of hydrogen-bond acceptors (Lipinski definition) is 3. The van der Waals surface area contributed by atoms with E-state index in [0.717, 1.165) is 4.90 Å². The van der Waals surface area contributed by atoms with Gasteiger partial charge in [0.15, 0.2) is 0 Å². The number of anilines is 1. The molecule has 1 aromatic heterocycles. The fourth-order valence-corrected chi connectivity index (χ4v) is 1.96. The maximum atomic E-state index is 12.1. The van der Waals surface area contributed by atoms with Crippen LogP contribution in [0.5, 0.6) is 0 Å². The maximum Gasteiger partial charge on any atom is 0.262 e. The highest BCUT2D eigenvalue weighted by Gasteiger charge is 2.36. The molecular weight excluding hydrogens is 242 g/mol. The number of carbonyl (C=O) groups is 2. The highest BCUT2D eigenvalue weighted by molar-refractivity contribution is 6.32. The van der Waals surface area contributed by atoms with E-state index in [1.165, 1.54) is 0 Å². The quantitative estimate of drug-likeness (QED) is 0.572. The van der Waals surface area contributed by atoms with E-state index in [1.54, 1.807) is 33.8 Å². The number of imide groups is 1. The minimum atomic E-state index is -0.340. The third kappa shape index (κ3) is 1.82. The molecule has 0 spiro atoms. The first-order valence-corrected chi connectivity index (χ1v) is 5.80. The molecule has 96 valence electrons. The molecule has 0 bridgehead atoms. The van der Waals surface area contributed by atoms with Crippen molar-refractivity contribution in [2.45, 2.75) is 27.7 Å². The van der Waals surface area contributed by atoms with Crippen molar-refractivity contribution in [2.24, 2.45) is 0 Å². The zero-order valence-corrected chi connectivity index (χ0v) is 11.2. The minimum Gasteiger partial charge on any atom is -0.269 e. The predicted molar refractivity (Wildman–Crippen MR) is 70.8 cm³/mol. The van der Waals surface area contributed by atoms with E-state index in [4.69, 9.17) is 6.57 Å². The Bertz CT molecular complexity index is 657. The second-order valence-corrected chi connectivity index (χ2v) is 4.54. The van der Waals surface area contributed by atoms with Crippen LogP contribution < -0.4 is 4.90 Å². The lowest BCUT2D eigenvalue weighted by Crippen LogP contribution is -2.32. The van der Waals surface area contributed by atoms with Crippen molar-refractivity contribution in [3.63, 3.8) is 0 Å². The van der Waals surface area contributed by atoms with Crippen LogP contribution in [-0.4, -0.2) is 16.8 Å². The number of aryl methyl sites for hydroxylation is 2. The summed E-state index contributed by atoms with van der Waals surface area (Å²) in [5.41, 5.74) is 2.47. The average Bonchev–Trinajstić information content (AvgIpc) is 2.57. The molecule has 1 aliphatic heterocycles. The summed E-state index contributed by atoms with van der Waals surface area (Å²) in [5, 5.41) is 0. The monoisotopic (exact) mass is 255 g/mol. The van der Waals surface area contributed by atoms with Crippen molar-refractivity contribution < 1.29 is 9.59 Å². The van der Waals surface area contributed by atoms with Crippen molar-refractivity contribution in [2.75, 3.05) is 4.90 Å². The van der Waals surface area contributed by atoms with Gasteiger partial charge < -0.3 is 0 Å². The van der Waals surface area contributed by atoms with Gasteiger partial charge in [-0.25, -0.2) is 14.7 Å². The van der Waals surface area contributed by atoms with E-state index in [1.807, 2.05) is 0 Å². The van der Waals surface area contributed by atoms with Gasteiger partial charge >= 0.3 is 0 Å². The first-order valence-electron chi connectivity index (χ1n) is 5.80. The number of amides is 2. The van der Waals surface area contributed by atoms with E-state index in [2.05, 4.69) is 9.83 Å². The van der Waals surface area contributed by atoms with Crippen LogP contribution in [0.2, 0.25) is 0 Å². The van der Waals surface area contributed by atoms with Gasteiger partial charge in [0.2, 0.25) is 5.69 Å². The summed E-state index contributed by atoms with van der Waals surface area (Å²) >= 11 is 0. The lowest BCUT2D eigenvalue weighted by atomic mass is 10.2. The first kappa shape index (κ1) is 13.0. The number of pyridine rings is 1. The summed E-state index contributed by atoms with van der Waals surface area (Å²) in [6.45, 7) is 13.7. The fourth-order valence-electron chi connectivity index (χ4n) is 1.96. The van der Waals surface area contributed by atoms with Gasteiger partial charge in [-0.15, -0.1) is 0 Å². The van der Waals surface area contributed by atoms with Crippen LogP contribution >= 0.6 is 0 Å². The van der Waals surface area contributed by atoms with E-state index >= 15 is 0 Å². The first-order chi connectivity index (χ1) is 8.88. The second kappa shape index (κ2) is 4.32. The van der Waals surface area contributed by atoms with Crippen molar-refractivity contribution in [3.05, 3.63) is 39.9 Å². The fraction of sp³-hybridized carbons (Fsp3) is 0.286. The van der Waals surface area contributed by atoms with Crippen LogP contribution in [0.25, 0.3) is 4.85 Å². The smallest absolute Gasteiger partial charge is 0.262 e. The van der Waals surface area contributed by atoms with Gasteiger partial charge in [0.05, 0.1) is 6.57 Å². The summed E-state index contributed by atoms with van der Waals surface area (Å²) in [5.74, 6) is -0.364. The molecule has 2 amide bonds. The van der Waals surface area contributed by atoms with Crippen molar-refractivity contribution in [1.82, 2.24) is 4.98 Å². The van der Waals surface area contributed by atoms with Gasteiger partial charge in [-0.3, -0.25) is 9.59 Å². The number of hydrogen-bond donors (Lipinski definition) is 0. The van der Waals surface area contributed by atoms with Gasteiger partial charge in [0, 0.05) is 16.8 Å². The third-order valence-electron chi connectivity index (χ3n) is 3.29. The molecule has 0 unspecified atom stereocenters. The Morgan fingerprint density at radius 3 is 2.11 bits per heavy atom. The Morgan fingerprint density at radius 1 is 1.11 bits per heavy atom. The van der Waals surface area contributed by atoms with E-state index in [0.29, 0.717) is 33.9 Å².